The number of aromatic amines is 1. The second-order valence-corrected chi connectivity index (χ2v) is 6.15. The fourth-order valence-electron chi connectivity index (χ4n) is 3.24. The molecule has 1 aliphatic rings. The van der Waals surface area contributed by atoms with Crippen LogP contribution in [0.15, 0.2) is 24.3 Å². The molecule has 24 heavy (non-hydrogen) atoms. The van der Waals surface area contributed by atoms with Gasteiger partial charge in [0.1, 0.15) is 5.82 Å². The minimum Gasteiger partial charge on any atom is -0.298 e. The average molecular weight is 342 g/mol. The third kappa shape index (κ3) is 3.43. The summed E-state index contributed by atoms with van der Waals surface area (Å²) >= 11 is 0. The minimum atomic E-state index is -4.39. The molecule has 0 saturated carbocycles. The van der Waals surface area contributed by atoms with Crippen molar-refractivity contribution in [2.75, 3.05) is 19.8 Å². The van der Waals surface area contributed by atoms with E-state index in [1.807, 2.05) is 4.90 Å². The summed E-state index contributed by atoms with van der Waals surface area (Å²) in [5.41, 5.74) is -0.437. The number of hydrogen-bond donors (Lipinski definition) is 1. The molecule has 0 spiro atoms. The van der Waals surface area contributed by atoms with Gasteiger partial charge in [0, 0.05) is 31.5 Å². The van der Waals surface area contributed by atoms with E-state index in [1.54, 1.807) is 13.0 Å². The van der Waals surface area contributed by atoms with Crippen molar-refractivity contribution in [2.45, 2.75) is 25.6 Å². The number of aryl methyl sites for hydroxylation is 1. The van der Waals surface area contributed by atoms with E-state index in [-0.39, 0.29) is 23.9 Å². The lowest BCUT2D eigenvalue weighted by Crippen LogP contribution is -2.23. The zero-order chi connectivity index (χ0) is 17.3. The molecule has 1 N–H and O–H groups in total. The molecule has 8 heteroatoms. The van der Waals surface area contributed by atoms with Crippen molar-refractivity contribution in [1.29, 1.82) is 0 Å². The van der Waals surface area contributed by atoms with Crippen LogP contribution in [0, 0.1) is 12.8 Å². The van der Waals surface area contributed by atoms with Crippen LogP contribution < -0.4 is 0 Å². The second-order valence-electron chi connectivity index (χ2n) is 6.15. The zero-order valence-electron chi connectivity index (χ0n) is 13.1. The summed E-state index contributed by atoms with van der Waals surface area (Å²) in [6.45, 7) is 2.17. The van der Waals surface area contributed by atoms with Crippen molar-refractivity contribution in [2.24, 2.45) is 5.92 Å². The Bertz CT molecular complexity index is 697. The first kappa shape index (κ1) is 16.9. The van der Waals surface area contributed by atoms with Crippen molar-refractivity contribution in [1.82, 2.24) is 20.1 Å². The Balaban J connectivity index is 1.78. The van der Waals surface area contributed by atoms with Gasteiger partial charge in [-0.05, 0) is 18.6 Å². The highest BCUT2D eigenvalue weighted by Crippen LogP contribution is 2.35. The lowest BCUT2D eigenvalue weighted by molar-refractivity contribution is -0.138. The maximum atomic E-state index is 13.3. The SMILES string of the molecule is Cc1nc(C2CN(Cc3ccccc3C(F)(F)F)CC2CF)n[nH]1. The number of halogens is 4. The fourth-order valence-corrected chi connectivity index (χ4v) is 3.24. The second kappa shape index (κ2) is 6.51. The minimum absolute atomic E-state index is 0.131. The van der Waals surface area contributed by atoms with Gasteiger partial charge in [-0.1, -0.05) is 18.2 Å². The Labute approximate surface area is 136 Å². The van der Waals surface area contributed by atoms with Crippen LogP contribution in [0.1, 0.15) is 28.7 Å². The van der Waals surface area contributed by atoms with Crippen molar-refractivity contribution in [3.05, 3.63) is 47.0 Å². The molecule has 4 nitrogen and oxygen atoms in total. The van der Waals surface area contributed by atoms with Crippen molar-refractivity contribution >= 4 is 0 Å². The molecule has 2 atom stereocenters. The van der Waals surface area contributed by atoms with Crippen molar-refractivity contribution in [3.8, 4) is 0 Å². The van der Waals surface area contributed by atoms with Crippen LogP contribution in [0.25, 0.3) is 0 Å². The predicted octanol–water partition coefficient (Wildman–Crippen LogP) is 3.32. The summed E-state index contributed by atoms with van der Waals surface area (Å²) in [5.74, 6) is 0.654. The van der Waals surface area contributed by atoms with Crippen LogP contribution in [0.2, 0.25) is 0 Å². The van der Waals surface area contributed by atoms with Gasteiger partial charge in [0.25, 0.3) is 0 Å². The van der Waals surface area contributed by atoms with Gasteiger partial charge in [-0.15, -0.1) is 0 Å². The maximum Gasteiger partial charge on any atom is 0.416 e. The molecule has 2 unspecified atom stereocenters. The number of likely N-dealkylation sites (tertiary alicyclic amines) is 1. The highest BCUT2D eigenvalue weighted by atomic mass is 19.4. The lowest BCUT2D eigenvalue weighted by Gasteiger charge is -2.19. The van der Waals surface area contributed by atoms with Gasteiger partial charge < -0.3 is 0 Å². The van der Waals surface area contributed by atoms with Crippen LogP contribution in [-0.4, -0.2) is 39.8 Å². The summed E-state index contributed by atoms with van der Waals surface area (Å²) in [6, 6.07) is 5.51. The topological polar surface area (TPSA) is 44.8 Å². The normalized spacial score (nSPS) is 22.2. The molecule has 0 aliphatic carbocycles. The highest BCUT2D eigenvalue weighted by Gasteiger charge is 2.38. The molecule has 2 aromatic rings. The molecule has 130 valence electrons. The summed E-state index contributed by atoms with van der Waals surface area (Å²) in [6.07, 6.45) is -4.39. The van der Waals surface area contributed by atoms with E-state index in [4.69, 9.17) is 0 Å². The van der Waals surface area contributed by atoms with Gasteiger partial charge in [0.05, 0.1) is 12.2 Å². The van der Waals surface area contributed by atoms with Crippen molar-refractivity contribution < 1.29 is 17.6 Å². The summed E-state index contributed by atoms with van der Waals surface area (Å²) in [4.78, 5) is 6.09. The van der Waals surface area contributed by atoms with Crippen LogP contribution in [0.4, 0.5) is 17.6 Å². The monoisotopic (exact) mass is 342 g/mol. The van der Waals surface area contributed by atoms with Gasteiger partial charge in [-0.25, -0.2) is 4.98 Å². The van der Waals surface area contributed by atoms with E-state index in [2.05, 4.69) is 15.2 Å². The Kier molecular flexibility index (Phi) is 4.58. The number of hydrogen-bond acceptors (Lipinski definition) is 3. The molecule has 3 rings (SSSR count). The average Bonchev–Trinajstić information content (AvgIpc) is 3.12. The van der Waals surface area contributed by atoms with E-state index in [0.717, 1.165) is 6.07 Å². The number of nitrogens with zero attached hydrogens (tertiary/aromatic N) is 3. The predicted molar refractivity (Wildman–Crippen MR) is 80.0 cm³/mol. The third-order valence-electron chi connectivity index (χ3n) is 4.38. The molecular weight excluding hydrogens is 324 g/mol. The van der Waals surface area contributed by atoms with E-state index in [0.29, 0.717) is 24.7 Å². The van der Waals surface area contributed by atoms with Crippen LogP contribution in [0.3, 0.4) is 0 Å². The molecule has 1 fully saturated rings. The van der Waals surface area contributed by atoms with Crippen LogP contribution in [-0.2, 0) is 12.7 Å². The van der Waals surface area contributed by atoms with Gasteiger partial charge in [0.15, 0.2) is 5.82 Å². The van der Waals surface area contributed by atoms with Gasteiger partial charge in [-0.3, -0.25) is 14.4 Å². The molecule has 0 bridgehead atoms. The number of nitrogens with one attached hydrogen (secondary N) is 1. The Morgan fingerprint density at radius 3 is 2.62 bits per heavy atom. The van der Waals surface area contributed by atoms with Gasteiger partial charge >= 0.3 is 6.18 Å². The number of rotatable bonds is 4. The summed E-state index contributed by atoms with van der Waals surface area (Å²) < 4.78 is 52.7. The number of H-pyrrole nitrogens is 1. The first-order valence-corrected chi connectivity index (χ1v) is 7.70. The van der Waals surface area contributed by atoms with Crippen molar-refractivity contribution in [3.63, 3.8) is 0 Å². The van der Waals surface area contributed by atoms with Gasteiger partial charge in [-0.2, -0.15) is 18.3 Å². The molecule has 2 heterocycles. The first-order valence-electron chi connectivity index (χ1n) is 7.70. The fraction of sp³-hybridized carbons (Fsp3) is 0.500. The smallest absolute Gasteiger partial charge is 0.298 e. The molecule has 1 aliphatic heterocycles. The number of alkyl halides is 4. The van der Waals surface area contributed by atoms with Crippen LogP contribution >= 0.6 is 0 Å². The zero-order valence-corrected chi connectivity index (χ0v) is 13.1. The largest absolute Gasteiger partial charge is 0.416 e. The third-order valence-corrected chi connectivity index (χ3v) is 4.38. The molecule has 0 amide bonds. The van der Waals surface area contributed by atoms with E-state index in [1.165, 1.54) is 12.1 Å². The Hall–Kier alpha value is -1.96. The van der Waals surface area contributed by atoms with E-state index >= 15 is 0 Å². The standard InChI is InChI=1S/C16H18F4N4/c1-10-21-15(23-22-10)13-9-24(8-12(13)6-17)7-11-4-2-3-5-14(11)16(18,19)20/h2-5,12-13H,6-9H2,1H3,(H,21,22,23). The molecule has 1 saturated heterocycles. The lowest BCUT2D eigenvalue weighted by atomic mass is 9.97. The molecule has 1 aromatic carbocycles. The Morgan fingerprint density at radius 2 is 2.00 bits per heavy atom. The number of aromatic nitrogens is 3. The quantitative estimate of drug-likeness (QED) is 0.867. The van der Waals surface area contributed by atoms with Gasteiger partial charge in [0.2, 0.25) is 0 Å². The molecule has 0 radical (unpaired) electrons. The van der Waals surface area contributed by atoms with Crippen LogP contribution in [0.5, 0.6) is 0 Å². The first-order chi connectivity index (χ1) is 11.4. The molecule has 1 aromatic heterocycles. The molecular formula is C16H18F4N4. The van der Waals surface area contributed by atoms with E-state index in [9.17, 15) is 17.6 Å². The Morgan fingerprint density at radius 1 is 1.25 bits per heavy atom. The maximum absolute atomic E-state index is 13.3. The number of benzene rings is 1. The van der Waals surface area contributed by atoms with E-state index < -0.39 is 18.4 Å². The summed E-state index contributed by atoms with van der Waals surface area (Å²) in [5, 5.41) is 6.82. The highest BCUT2D eigenvalue weighted by molar-refractivity contribution is 5.29. The summed E-state index contributed by atoms with van der Waals surface area (Å²) in [7, 11) is 0.